The highest BCUT2D eigenvalue weighted by atomic mass is 79.9. The van der Waals surface area contributed by atoms with Gasteiger partial charge in [-0.2, -0.15) is 0 Å². The fourth-order valence-electron chi connectivity index (χ4n) is 1.89. The number of hydrogen-bond acceptors (Lipinski definition) is 3. The van der Waals surface area contributed by atoms with Crippen molar-refractivity contribution in [2.75, 3.05) is 18.6 Å². The number of sulfone groups is 1. The maximum absolute atomic E-state index is 11.2. The standard InChI is InChI=1S/C13H20BrNO2S/c1-10(9-18(3,16)17)8-15-11(2)12-6-4-5-7-13(12)14/h4-7,10-11,15H,8-9H2,1-3H3/t10-,11+/m0/s1. The van der Waals surface area contributed by atoms with Gasteiger partial charge in [0.15, 0.2) is 0 Å². The summed E-state index contributed by atoms with van der Waals surface area (Å²) in [5.41, 5.74) is 1.18. The molecular weight excluding hydrogens is 314 g/mol. The van der Waals surface area contributed by atoms with Crippen LogP contribution in [0.25, 0.3) is 0 Å². The Morgan fingerprint density at radius 3 is 2.44 bits per heavy atom. The summed E-state index contributed by atoms with van der Waals surface area (Å²) in [6, 6.07) is 8.24. The zero-order valence-electron chi connectivity index (χ0n) is 11.0. The Morgan fingerprint density at radius 1 is 1.28 bits per heavy atom. The molecule has 0 aliphatic heterocycles. The summed E-state index contributed by atoms with van der Waals surface area (Å²) in [5.74, 6) is 0.341. The van der Waals surface area contributed by atoms with Crippen molar-refractivity contribution in [3.63, 3.8) is 0 Å². The lowest BCUT2D eigenvalue weighted by Crippen LogP contribution is -2.28. The third kappa shape index (κ3) is 5.50. The molecule has 0 saturated heterocycles. The van der Waals surface area contributed by atoms with Crippen molar-refractivity contribution in [2.24, 2.45) is 5.92 Å². The lowest BCUT2D eigenvalue weighted by Gasteiger charge is -2.18. The molecule has 0 bridgehead atoms. The second kappa shape index (κ2) is 6.68. The Bertz CT molecular complexity index is 488. The van der Waals surface area contributed by atoms with Crippen LogP contribution in [0.4, 0.5) is 0 Å². The molecule has 0 radical (unpaired) electrons. The molecule has 0 amide bonds. The maximum atomic E-state index is 11.2. The van der Waals surface area contributed by atoms with E-state index < -0.39 is 9.84 Å². The monoisotopic (exact) mass is 333 g/mol. The minimum atomic E-state index is -2.89. The molecular formula is C13H20BrNO2S. The van der Waals surface area contributed by atoms with Crippen molar-refractivity contribution in [3.05, 3.63) is 34.3 Å². The maximum Gasteiger partial charge on any atom is 0.147 e. The molecule has 0 spiro atoms. The first-order chi connectivity index (χ1) is 8.29. The SMILES string of the molecule is C[C@@H](CN[C@H](C)c1ccccc1Br)CS(C)(=O)=O. The van der Waals surface area contributed by atoms with Crippen molar-refractivity contribution >= 4 is 25.8 Å². The first kappa shape index (κ1) is 15.7. The molecule has 2 atom stereocenters. The third-order valence-corrected chi connectivity index (χ3v) is 4.63. The minimum absolute atomic E-state index is 0.116. The van der Waals surface area contributed by atoms with Crippen molar-refractivity contribution in [3.8, 4) is 0 Å². The van der Waals surface area contributed by atoms with E-state index in [2.05, 4.69) is 34.2 Å². The Labute approximate surface area is 118 Å². The van der Waals surface area contributed by atoms with Gasteiger partial charge >= 0.3 is 0 Å². The lowest BCUT2D eigenvalue weighted by molar-refractivity contribution is 0.491. The normalized spacial score (nSPS) is 15.3. The summed E-state index contributed by atoms with van der Waals surface area (Å²) in [4.78, 5) is 0. The van der Waals surface area contributed by atoms with Gasteiger partial charge in [0.2, 0.25) is 0 Å². The molecule has 3 nitrogen and oxygen atoms in total. The quantitative estimate of drug-likeness (QED) is 0.870. The van der Waals surface area contributed by atoms with E-state index in [1.54, 1.807) is 0 Å². The predicted molar refractivity (Wildman–Crippen MR) is 79.4 cm³/mol. The molecule has 0 aliphatic carbocycles. The summed E-state index contributed by atoms with van der Waals surface area (Å²) in [5, 5.41) is 3.37. The molecule has 0 fully saturated rings. The van der Waals surface area contributed by atoms with Crippen molar-refractivity contribution < 1.29 is 8.42 Å². The summed E-state index contributed by atoms with van der Waals surface area (Å²) in [6.45, 7) is 4.71. The van der Waals surface area contributed by atoms with Crippen LogP contribution in [0.1, 0.15) is 25.5 Å². The Kier molecular flexibility index (Phi) is 5.82. The second-order valence-electron chi connectivity index (χ2n) is 4.85. The average molecular weight is 334 g/mol. The molecule has 0 saturated carbocycles. The van der Waals surface area contributed by atoms with E-state index in [1.165, 1.54) is 11.8 Å². The van der Waals surface area contributed by atoms with Gasteiger partial charge in [-0.1, -0.05) is 41.1 Å². The van der Waals surface area contributed by atoms with E-state index in [9.17, 15) is 8.42 Å². The highest BCUT2D eigenvalue weighted by Gasteiger charge is 2.13. The van der Waals surface area contributed by atoms with Gasteiger partial charge in [-0.25, -0.2) is 8.42 Å². The number of benzene rings is 1. The van der Waals surface area contributed by atoms with Crippen molar-refractivity contribution in [1.29, 1.82) is 0 Å². The van der Waals surface area contributed by atoms with E-state index in [-0.39, 0.29) is 17.7 Å². The van der Waals surface area contributed by atoms with E-state index >= 15 is 0 Å². The van der Waals surface area contributed by atoms with E-state index in [1.807, 2.05) is 25.1 Å². The average Bonchev–Trinajstić information content (AvgIpc) is 2.24. The lowest BCUT2D eigenvalue weighted by atomic mass is 10.1. The highest BCUT2D eigenvalue weighted by Crippen LogP contribution is 2.22. The van der Waals surface area contributed by atoms with Crippen LogP contribution in [0, 0.1) is 5.92 Å². The molecule has 102 valence electrons. The molecule has 0 unspecified atom stereocenters. The van der Waals surface area contributed by atoms with E-state index in [0.29, 0.717) is 6.54 Å². The molecule has 1 rings (SSSR count). The molecule has 5 heteroatoms. The van der Waals surface area contributed by atoms with Crippen LogP contribution in [0.5, 0.6) is 0 Å². The van der Waals surface area contributed by atoms with Crippen LogP contribution >= 0.6 is 15.9 Å². The smallest absolute Gasteiger partial charge is 0.147 e. The van der Waals surface area contributed by atoms with Gasteiger partial charge < -0.3 is 5.32 Å². The molecule has 1 aromatic carbocycles. The molecule has 1 N–H and O–H groups in total. The van der Waals surface area contributed by atoms with Crippen LogP contribution in [0.3, 0.4) is 0 Å². The van der Waals surface area contributed by atoms with Crippen LogP contribution in [0.2, 0.25) is 0 Å². The minimum Gasteiger partial charge on any atom is -0.310 e. The summed E-state index contributed by atoms with van der Waals surface area (Å²) < 4.78 is 23.4. The number of halogens is 1. The summed E-state index contributed by atoms with van der Waals surface area (Å²) in [7, 11) is -2.89. The molecule has 0 aliphatic rings. The number of hydrogen-bond donors (Lipinski definition) is 1. The first-order valence-corrected chi connectivity index (χ1v) is 8.80. The first-order valence-electron chi connectivity index (χ1n) is 5.95. The molecule has 0 heterocycles. The fourth-order valence-corrected chi connectivity index (χ4v) is 3.67. The molecule has 1 aromatic rings. The topological polar surface area (TPSA) is 46.2 Å². The zero-order chi connectivity index (χ0) is 13.8. The summed E-state index contributed by atoms with van der Waals surface area (Å²) in [6.07, 6.45) is 1.28. The van der Waals surface area contributed by atoms with E-state index in [0.717, 1.165) is 4.47 Å². The van der Waals surface area contributed by atoms with Gasteiger partial charge in [0, 0.05) is 16.8 Å². The number of nitrogens with one attached hydrogen (secondary N) is 1. The van der Waals surface area contributed by atoms with Gasteiger partial charge in [0.25, 0.3) is 0 Å². The molecule has 0 aromatic heterocycles. The van der Waals surface area contributed by atoms with Gasteiger partial charge in [0.1, 0.15) is 9.84 Å². The van der Waals surface area contributed by atoms with Crippen LogP contribution in [-0.4, -0.2) is 27.0 Å². The Morgan fingerprint density at radius 2 is 1.89 bits per heavy atom. The highest BCUT2D eigenvalue weighted by molar-refractivity contribution is 9.10. The van der Waals surface area contributed by atoms with Crippen LogP contribution < -0.4 is 5.32 Å². The van der Waals surface area contributed by atoms with Crippen molar-refractivity contribution in [1.82, 2.24) is 5.32 Å². The predicted octanol–water partition coefficient (Wildman–Crippen LogP) is 2.78. The largest absolute Gasteiger partial charge is 0.310 e. The van der Waals surface area contributed by atoms with Crippen molar-refractivity contribution in [2.45, 2.75) is 19.9 Å². The fraction of sp³-hybridized carbons (Fsp3) is 0.538. The van der Waals surface area contributed by atoms with E-state index in [4.69, 9.17) is 0 Å². The Hall–Kier alpha value is -0.390. The summed E-state index contributed by atoms with van der Waals surface area (Å²) >= 11 is 3.52. The van der Waals surface area contributed by atoms with Crippen LogP contribution in [0.15, 0.2) is 28.7 Å². The third-order valence-electron chi connectivity index (χ3n) is 2.73. The van der Waals surface area contributed by atoms with Gasteiger partial charge in [-0.3, -0.25) is 0 Å². The number of rotatable bonds is 6. The van der Waals surface area contributed by atoms with Crippen LogP contribution in [-0.2, 0) is 9.84 Å². The van der Waals surface area contributed by atoms with Gasteiger partial charge in [-0.15, -0.1) is 0 Å². The van der Waals surface area contributed by atoms with Gasteiger partial charge in [-0.05, 0) is 31.0 Å². The molecule has 18 heavy (non-hydrogen) atoms. The zero-order valence-corrected chi connectivity index (χ0v) is 13.4. The Balaban J connectivity index is 2.52. The van der Waals surface area contributed by atoms with Gasteiger partial charge in [0.05, 0.1) is 5.75 Å². The second-order valence-corrected chi connectivity index (χ2v) is 7.89.